The van der Waals surface area contributed by atoms with Crippen LogP contribution in [0.5, 0.6) is 11.5 Å². The van der Waals surface area contributed by atoms with Crippen LogP contribution >= 0.6 is 0 Å². The van der Waals surface area contributed by atoms with Gasteiger partial charge in [-0.05, 0) is 56.6 Å². The van der Waals surface area contributed by atoms with Crippen LogP contribution in [0.4, 0.5) is 5.69 Å². The van der Waals surface area contributed by atoms with Crippen molar-refractivity contribution < 1.29 is 19.1 Å². The van der Waals surface area contributed by atoms with Gasteiger partial charge in [0, 0.05) is 12.6 Å². The second-order valence-corrected chi connectivity index (χ2v) is 7.43. The van der Waals surface area contributed by atoms with Crippen molar-refractivity contribution in [2.24, 2.45) is 0 Å². The Kier molecular flexibility index (Phi) is 5.81. The molecule has 2 heterocycles. The van der Waals surface area contributed by atoms with Gasteiger partial charge in [-0.1, -0.05) is 18.6 Å². The van der Waals surface area contributed by atoms with Crippen LogP contribution in [0.15, 0.2) is 42.5 Å². The SMILES string of the molecule is COc1cc(N2C(=O)c3ccccc3C2=O)ccc1OCCCN1CCCCC1. The summed E-state index contributed by atoms with van der Waals surface area (Å²) in [4.78, 5) is 29.0. The second-order valence-electron chi connectivity index (χ2n) is 7.43. The van der Waals surface area contributed by atoms with E-state index in [9.17, 15) is 9.59 Å². The first-order chi connectivity index (χ1) is 14.2. The average Bonchev–Trinajstić information content (AvgIpc) is 3.02. The number of benzene rings is 2. The van der Waals surface area contributed by atoms with Gasteiger partial charge in [0.15, 0.2) is 11.5 Å². The van der Waals surface area contributed by atoms with Crippen molar-refractivity contribution in [3.05, 3.63) is 53.6 Å². The lowest BCUT2D eigenvalue weighted by molar-refractivity contribution is 0.0926. The van der Waals surface area contributed by atoms with E-state index >= 15 is 0 Å². The first kappa shape index (κ1) is 19.5. The minimum Gasteiger partial charge on any atom is -0.493 e. The maximum absolute atomic E-state index is 12.7. The van der Waals surface area contributed by atoms with Crippen LogP contribution in [0.1, 0.15) is 46.4 Å². The van der Waals surface area contributed by atoms with Crippen molar-refractivity contribution in [2.45, 2.75) is 25.7 Å². The first-order valence-corrected chi connectivity index (χ1v) is 10.2. The number of amides is 2. The highest BCUT2D eigenvalue weighted by molar-refractivity contribution is 6.34. The van der Waals surface area contributed by atoms with Gasteiger partial charge in [0.25, 0.3) is 11.8 Å². The number of piperidine rings is 1. The van der Waals surface area contributed by atoms with Crippen molar-refractivity contribution in [1.82, 2.24) is 4.90 Å². The number of nitrogens with zero attached hydrogens (tertiary/aromatic N) is 2. The lowest BCUT2D eigenvalue weighted by Gasteiger charge is -2.26. The van der Waals surface area contributed by atoms with Gasteiger partial charge in [-0.25, -0.2) is 4.90 Å². The Morgan fingerprint density at radius 3 is 2.24 bits per heavy atom. The van der Waals surface area contributed by atoms with Crippen LogP contribution in [-0.4, -0.2) is 50.1 Å². The van der Waals surface area contributed by atoms with E-state index < -0.39 is 0 Å². The summed E-state index contributed by atoms with van der Waals surface area (Å²) >= 11 is 0. The molecule has 0 aromatic heterocycles. The summed E-state index contributed by atoms with van der Waals surface area (Å²) in [6.07, 6.45) is 4.86. The highest BCUT2D eigenvalue weighted by atomic mass is 16.5. The van der Waals surface area contributed by atoms with Gasteiger partial charge in [0.05, 0.1) is 30.5 Å². The molecular formula is C23H26N2O4. The zero-order valence-electron chi connectivity index (χ0n) is 16.7. The number of imide groups is 1. The first-order valence-electron chi connectivity index (χ1n) is 10.2. The Morgan fingerprint density at radius 1 is 0.897 bits per heavy atom. The van der Waals surface area contributed by atoms with Crippen molar-refractivity contribution >= 4 is 17.5 Å². The Bertz CT molecular complexity index is 871. The topological polar surface area (TPSA) is 59.1 Å². The third-order valence-electron chi connectivity index (χ3n) is 5.52. The molecule has 2 amide bonds. The number of ether oxygens (including phenoxy) is 2. The van der Waals surface area contributed by atoms with Crippen LogP contribution in [0.3, 0.4) is 0 Å². The van der Waals surface area contributed by atoms with Crippen molar-refractivity contribution in [1.29, 1.82) is 0 Å². The van der Waals surface area contributed by atoms with Gasteiger partial charge >= 0.3 is 0 Å². The molecule has 2 aromatic rings. The van der Waals surface area contributed by atoms with Crippen LogP contribution in [-0.2, 0) is 0 Å². The standard InChI is InChI=1S/C23H26N2O4/c1-28-21-16-17(25-22(26)18-8-3-4-9-19(18)23(25)27)10-11-20(21)29-15-7-14-24-12-5-2-6-13-24/h3-4,8-11,16H,2,5-7,12-15H2,1H3. The summed E-state index contributed by atoms with van der Waals surface area (Å²) in [5.41, 5.74) is 1.33. The lowest BCUT2D eigenvalue weighted by atomic mass is 10.1. The number of rotatable bonds is 7. The Morgan fingerprint density at radius 2 is 1.59 bits per heavy atom. The van der Waals surface area contributed by atoms with Crippen LogP contribution in [0.25, 0.3) is 0 Å². The van der Waals surface area contributed by atoms with Gasteiger partial charge in [-0.15, -0.1) is 0 Å². The van der Waals surface area contributed by atoms with Gasteiger partial charge < -0.3 is 14.4 Å². The number of carbonyl (C=O) groups excluding carboxylic acids is 2. The van der Waals surface area contributed by atoms with Crippen molar-refractivity contribution in [2.75, 3.05) is 38.3 Å². The molecule has 2 aliphatic rings. The van der Waals surface area contributed by atoms with Gasteiger partial charge in [-0.3, -0.25) is 9.59 Å². The Labute approximate surface area is 171 Å². The molecule has 0 spiro atoms. The van der Waals surface area contributed by atoms with E-state index in [1.165, 1.54) is 37.3 Å². The van der Waals surface area contributed by atoms with Crippen molar-refractivity contribution in [3.63, 3.8) is 0 Å². The predicted octanol–water partition coefficient (Wildman–Crippen LogP) is 3.75. The normalized spacial score (nSPS) is 16.8. The molecule has 0 aliphatic carbocycles. The van der Waals surface area contributed by atoms with Gasteiger partial charge in [0.1, 0.15) is 0 Å². The summed E-state index contributed by atoms with van der Waals surface area (Å²) in [6, 6.07) is 12.0. The maximum atomic E-state index is 12.7. The van der Waals surface area contributed by atoms with E-state index in [0.717, 1.165) is 13.0 Å². The van der Waals surface area contributed by atoms with Crippen LogP contribution < -0.4 is 14.4 Å². The average molecular weight is 394 g/mol. The van der Waals surface area contributed by atoms with Crippen LogP contribution in [0, 0.1) is 0 Å². The molecule has 6 nitrogen and oxygen atoms in total. The number of carbonyl (C=O) groups is 2. The molecule has 1 saturated heterocycles. The molecule has 1 fully saturated rings. The smallest absolute Gasteiger partial charge is 0.266 e. The molecule has 0 radical (unpaired) electrons. The number of fused-ring (bicyclic) bond motifs is 1. The molecule has 4 rings (SSSR count). The summed E-state index contributed by atoms with van der Waals surface area (Å²) in [5.74, 6) is 0.495. The number of likely N-dealkylation sites (tertiary alicyclic amines) is 1. The highest BCUT2D eigenvalue weighted by Crippen LogP contribution is 2.35. The van der Waals surface area contributed by atoms with E-state index in [1.54, 1.807) is 49.6 Å². The summed E-state index contributed by atoms with van der Waals surface area (Å²) in [6.45, 7) is 3.99. The molecular weight excluding hydrogens is 368 g/mol. The maximum Gasteiger partial charge on any atom is 0.266 e. The fourth-order valence-corrected chi connectivity index (χ4v) is 3.99. The fourth-order valence-electron chi connectivity index (χ4n) is 3.99. The van der Waals surface area contributed by atoms with Crippen LogP contribution in [0.2, 0.25) is 0 Å². The molecule has 6 heteroatoms. The predicted molar refractivity (Wildman–Crippen MR) is 111 cm³/mol. The third kappa shape index (κ3) is 3.98. The van der Waals surface area contributed by atoms with E-state index in [4.69, 9.17) is 9.47 Å². The van der Waals surface area contributed by atoms with E-state index in [1.807, 2.05) is 0 Å². The highest BCUT2D eigenvalue weighted by Gasteiger charge is 2.36. The number of anilines is 1. The lowest BCUT2D eigenvalue weighted by Crippen LogP contribution is -2.31. The fraction of sp³-hybridized carbons (Fsp3) is 0.391. The monoisotopic (exact) mass is 394 g/mol. The minimum atomic E-state index is -0.317. The summed E-state index contributed by atoms with van der Waals surface area (Å²) < 4.78 is 11.4. The van der Waals surface area contributed by atoms with Crippen molar-refractivity contribution in [3.8, 4) is 11.5 Å². The third-order valence-corrected chi connectivity index (χ3v) is 5.52. The largest absolute Gasteiger partial charge is 0.493 e. The van der Waals surface area contributed by atoms with E-state index in [0.29, 0.717) is 34.9 Å². The summed E-state index contributed by atoms with van der Waals surface area (Å²) in [7, 11) is 1.56. The molecule has 0 atom stereocenters. The molecule has 0 N–H and O–H groups in total. The van der Waals surface area contributed by atoms with Gasteiger partial charge in [0.2, 0.25) is 0 Å². The zero-order valence-corrected chi connectivity index (χ0v) is 16.7. The minimum absolute atomic E-state index is 0.317. The van der Waals surface area contributed by atoms with Gasteiger partial charge in [-0.2, -0.15) is 0 Å². The molecule has 2 aromatic carbocycles. The molecule has 2 aliphatic heterocycles. The molecule has 152 valence electrons. The summed E-state index contributed by atoms with van der Waals surface area (Å²) in [5, 5.41) is 0. The Balaban J connectivity index is 1.42. The second kappa shape index (κ2) is 8.66. The molecule has 29 heavy (non-hydrogen) atoms. The quantitative estimate of drug-likeness (QED) is 0.529. The van der Waals surface area contributed by atoms with E-state index in [2.05, 4.69) is 4.90 Å². The number of hydrogen-bond donors (Lipinski definition) is 0. The number of methoxy groups -OCH3 is 1. The number of hydrogen-bond acceptors (Lipinski definition) is 5. The molecule has 0 saturated carbocycles. The zero-order chi connectivity index (χ0) is 20.2. The molecule has 0 unspecified atom stereocenters. The Hall–Kier alpha value is -2.86. The molecule has 0 bridgehead atoms. The van der Waals surface area contributed by atoms with E-state index in [-0.39, 0.29) is 11.8 Å².